The molecule has 0 aliphatic carbocycles. The Morgan fingerprint density at radius 2 is 1.06 bits per heavy atom. The van der Waals surface area contributed by atoms with E-state index in [0.29, 0.717) is 12.8 Å². The molecule has 1 unspecified atom stereocenters. The number of phosphoric ester groups is 1. The van der Waals surface area contributed by atoms with Crippen LogP contribution in [0.15, 0.2) is 24.3 Å². The average Bonchev–Trinajstić information content (AvgIpc) is 3.11. The summed E-state index contributed by atoms with van der Waals surface area (Å²) in [7, 11) is -5.48. The molecular weight excluding hydrogens is 651 g/mol. The predicted molar refractivity (Wildman–Crippen MR) is 205 cm³/mol. The third-order valence-corrected chi connectivity index (χ3v) is 9.40. The van der Waals surface area contributed by atoms with Crippen LogP contribution in [0.4, 0.5) is 0 Å². The first-order valence-corrected chi connectivity index (χ1v) is 21.5. The molecular formula is C41H76O8P-. The molecule has 0 aliphatic heterocycles. The van der Waals surface area contributed by atoms with Crippen LogP contribution in [0.5, 0.6) is 0 Å². The van der Waals surface area contributed by atoms with Gasteiger partial charge < -0.3 is 23.4 Å². The highest BCUT2D eigenvalue weighted by Gasteiger charge is 2.20. The van der Waals surface area contributed by atoms with Crippen LogP contribution in [-0.4, -0.2) is 37.8 Å². The maximum absolute atomic E-state index is 12.6. The lowest BCUT2D eigenvalue weighted by Crippen LogP contribution is -2.30. The fraction of sp³-hybridized carbons (Fsp3) is 0.854. The molecule has 0 rings (SSSR count). The van der Waals surface area contributed by atoms with Gasteiger partial charge in [0.2, 0.25) is 0 Å². The number of rotatable bonds is 38. The fourth-order valence-corrected chi connectivity index (χ4v) is 6.11. The SMILES string of the molecule is [2H]C([2H])([2H])C([2H])([2H])OP(=O)([O-])OC[C@@H](COC(=O)CCCCCCCCCCCCCCCCC)OC(=O)CCCCCCC/C=C\C/C=C\CCCCC. The fourth-order valence-electron chi connectivity index (χ4n) is 5.60. The van der Waals surface area contributed by atoms with E-state index in [4.69, 9.17) is 16.3 Å². The first kappa shape index (κ1) is 39.7. The Bertz CT molecular complexity index is 1050. The number of esters is 2. The summed E-state index contributed by atoms with van der Waals surface area (Å²) in [6.07, 6.45) is 37.0. The standard InChI is InChI=1S/C41H77O8P/c1-4-7-9-11-13-15-17-19-21-23-25-27-29-31-33-35-40(42)46-37-39(38-48-50(44,45)47-6-3)49-41(43)36-34-32-30-28-26-24-22-20-18-16-14-12-10-8-5-2/h14,16,20,22,39H,4-13,15,17-19,21,23-38H2,1-3H3,(H,44,45)/p-1/b16-14-,22-20-/t39-/m1/s1/i3D3,6D2. The number of hydrogen-bond donors (Lipinski definition) is 0. The van der Waals surface area contributed by atoms with Crippen LogP contribution in [0.2, 0.25) is 0 Å². The maximum atomic E-state index is 12.6. The molecule has 0 aromatic rings. The Morgan fingerprint density at radius 3 is 1.58 bits per heavy atom. The van der Waals surface area contributed by atoms with Gasteiger partial charge in [-0.1, -0.05) is 160 Å². The van der Waals surface area contributed by atoms with E-state index in [1.807, 2.05) is 0 Å². The summed E-state index contributed by atoms with van der Waals surface area (Å²) in [6, 6.07) is 0. The van der Waals surface area contributed by atoms with Gasteiger partial charge in [-0.3, -0.25) is 14.2 Å². The summed E-state index contributed by atoms with van der Waals surface area (Å²) in [5, 5.41) is 0. The smallest absolute Gasteiger partial charge is 0.306 e. The van der Waals surface area contributed by atoms with Crippen molar-refractivity contribution in [1.29, 1.82) is 0 Å². The minimum atomic E-state index is -5.48. The zero-order valence-corrected chi connectivity index (χ0v) is 32.7. The lowest BCUT2D eigenvalue weighted by Gasteiger charge is -2.25. The number of unbranched alkanes of at least 4 members (excludes halogenated alkanes) is 22. The molecule has 0 radical (unpaired) electrons. The molecule has 2 atom stereocenters. The zero-order chi connectivity index (χ0) is 41.1. The Hall–Kier alpha value is -1.47. The molecule has 0 heterocycles. The van der Waals surface area contributed by atoms with E-state index in [-0.39, 0.29) is 12.8 Å². The number of allylic oxidation sites excluding steroid dienone is 4. The van der Waals surface area contributed by atoms with E-state index in [1.54, 1.807) is 0 Å². The van der Waals surface area contributed by atoms with Crippen molar-refractivity contribution >= 4 is 19.8 Å². The Labute approximate surface area is 314 Å². The van der Waals surface area contributed by atoms with Gasteiger partial charge >= 0.3 is 11.9 Å². The van der Waals surface area contributed by atoms with Crippen LogP contribution in [0.3, 0.4) is 0 Å². The van der Waals surface area contributed by atoms with Crippen molar-refractivity contribution < 1.29 is 44.4 Å². The van der Waals surface area contributed by atoms with Crippen LogP contribution in [0.1, 0.15) is 207 Å². The molecule has 0 amide bonds. The topological polar surface area (TPSA) is 111 Å². The second-order valence-corrected chi connectivity index (χ2v) is 14.7. The predicted octanol–water partition coefficient (Wildman–Crippen LogP) is 12.0. The summed E-state index contributed by atoms with van der Waals surface area (Å²) in [6.45, 7) is -3.79. The summed E-state index contributed by atoms with van der Waals surface area (Å²) in [5.41, 5.74) is 0. The third-order valence-electron chi connectivity index (χ3n) is 8.62. The van der Waals surface area contributed by atoms with Gasteiger partial charge in [-0.25, -0.2) is 0 Å². The molecule has 0 spiro atoms. The van der Waals surface area contributed by atoms with Gasteiger partial charge in [0.25, 0.3) is 7.82 Å². The highest BCUT2D eigenvalue weighted by atomic mass is 31.2. The van der Waals surface area contributed by atoms with Crippen LogP contribution in [0.25, 0.3) is 0 Å². The number of carbonyl (C=O) groups is 2. The largest absolute Gasteiger partial charge is 0.756 e. The molecule has 0 saturated carbocycles. The molecule has 8 nitrogen and oxygen atoms in total. The van der Waals surface area contributed by atoms with Crippen LogP contribution >= 0.6 is 7.82 Å². The molecule has 0 aromatic heterocycles. The Kier molecular flexibility index (Phi) is 29.6. The second-order valence-electron chi connectivity index (χ2n) is 13.4. The number of carbonyl (C=O) groups excluding carboxylic acids is 2. The monoisotopic (exact) mass is 733 g/mol. The number of phosphoric acid groups is 1. The molecule has 0 aliphatic rings. The Balaban J connectivity index is 4.50. The van der Waals surface area contributed by atoms with Crippen molar-refractivity contribution in [3.63, 3.8) is 0 Å². The Morgan fingerprint density at radius 1 is 0.620 bits per heavy atom. The van der Waals surface area contributed by atoms with Gasteiger partial charge in [0.15, 0.2) is 6.10 Å². The summed E-state index contributed by atoms with van der Waals surface area (Å²) >= 11 is 0. The lowest BCUT2D eigenvalue weighted by molar-refractivity contribution is -0.228. The molecule has 0 N–H and O–H groups in total. The van der Waals surface area contributed by atoms with Gasteiger partial charge in [-0.05, 0) is 51.8 Å². The van der Waals surface area contributed by atoms with E-state index in [9.17, 15) is 19.0 Å². The summed E-state index contributed by atoms with van der Waals surface area (Å²) < 4.78 is 68.1. The molecule has 9 heteroatoms. The molecule has 0 aromatic carbocycles. The van der Waals surface area contributed by atoms with Crippen LogP contribution in [0, 0.1) is 0 Å². The van der Waals surface area contributed by atoms with E-state index < -0.39 is 52.5 Å². The summed E-state index contributed by atoms with van der Waals surface area (Å²) in [4.78, 5) is 37.3. The minimum Gasteiger partial charge on any atom is -0.756 e. The third kappa shape index (κ3) is 36.3. The minimum absolute atomic E-state index is 0.0706. The lowest BCUT2D eigenvalue weighted by atomic mass is 10.0. The maximum Gasteiger partial charge on any atom is 0.306 e. The van der Waals surface area contributed by atoms with Gasteiger partial charge in [0, 0.05) is 17.0 Å². The molecule has 50 heavy (non-hydrogen) atoms. The van der Waals surface area contributed by atoms with Crippen LogP contribution < -0.4 is 4.89 Å². The molecule has 294 valence electrons. The van der Waals surface area contributed by atoms with Crippen molar-refractivity contribution in [3.8, 4) is 0 Å². The second kappa shape index (κ2) is 37.3. The van der Waals surface area contributed by atoms with Gasteiger partial charge in [0.05, 0.1) is 15.9 Å². The number of hydrogen-bond acceptors (Lipinski definition) is 8. The van der Waals surface area contributed by atoms with Crippen molar-refractivity contribution in [2.24, 2.45) is 0 Å². The molecule has 0 saturated heterocycles. The zero-order valence-electron chi connectivity index (χ0n) is 36.8. The van der Waals surface area contributed by atoms with E-state index in [0.717, 1.165) is 64.2 Å². The average molecular weight is 733 g/mol. The van der Waals surface area contributed by atoms with Crippen molar-refractivity contribution in [2.45, 2.75) is 207 Å². The van der Waals surface area contributed by atoms with Crippen molar-refractivity contribution in [1.82, 2.24) is 0 Å². The first-order valence-electron chi connectivity index (χ1n) is 22.6. The number of ether oxygens (including phenoxy) is 2. The molecule has 0 bridgehead atoms. The first-order chi connectivity index (χ1) is 26.2. The highest BCUT2D eigenvalue weighted by molar-refractivity contribution is 7.45. The highest BCUT2D eigenvalue weighted by Crippen LogP contribution is 2.38. The quantitative estimate of drug-likeness (QED) is 0.0267. The van der Waals surface area contributed by atoms with Gasteiger partial charge in [0.1, 0.15) is 6.61 Å². The van der Waals surface area contributed by atoms with E-state index in [2.05, 4.69) is 47.2 Å². The van der Waals surface area contributed by atoms with Crippen molar-refractivity contribution in [3.05, 3.63) is 24.3 Å². The van der Waals surface area contributed by atoms with Crippen LogP contribution in [-0.2, 0) is 32.7 Å². The van der Waals surface area contributed by atoms with Gasteiger partial charge in [-0.2, -0.15) is 0 Å². The summed E-state index contributed by atoms with van der Waals surface area (Å²) in [5.74, 6) is -1.15. The van der Waals surface area contributed by atoms with Crippen molar-refractivity contribution in [2.75, 3.05) is 19.8 Å². The molecule has 0 fully saturated rings. The van der Waals surface area contributed by atoms with E-state index >= 15 is 0 Å². The van der Waals surface area contributed by atoms with E-state index in [1.165, 1.54) is 89.9 Å². The van der Waals surface area contributed by atoms with Gasteiger partial charge in [-0.15, -0.1) is 0 Å². The normalized spacial score (nSPS) is 15.6.